The topological polar surface area (TPSA) is 192 Å². The molecule has 13 nitrogen and oxygen atoms in total. The average molecular weight is 622 g/mol. The highest BCUT2D eigenvalue weighted by Crippen LogP contribution is 2.19. The summed E-state index contributed by atoms with van der Waals surface area (Å²) < 4.78 is 5.55. The molecular weight excluding hydrogens is 590 g/mol. The minimum atomic E-state index is -1.73. The molecular formula is C33H31N7O6. The summed E-state index contributed by atoms with van der Waals surface area (Å²) in [6.45, 7) is 3.73. The van der Waals surface area contributed by atoms with Crippen LogP contribution in [-0.4, -0.2) is 55.6 Å². The number of benzene rings is 3. The monoisotopic (exact) mass is 621 g/mol. The lowest BCUT2D eigenvalue weighted by Gasteiger charge is -2.24. The summed E-state index contributed by atoms with van der Waals surface area (Å²) in [4.78, 5) is 52.0. The maximum Gasteiger partial charge on any atom is 0.287 e. The number of H-pyrrole nitrogens is 1. The van der Waals surface area contributed by atoms with Crippen molar-refractivity contribution in [2.75, 3.05) is 5.32 Å². The van der Waals surface area contributed by atoms with E-state index in [9.17, 15) is 24.3 Å². The van der Waals surface area contributed by atoms with Gasteiger partial charge in [0.2, 0.25) is 5.82 Å². The first-order valence-corrected chi connectivity index (χ1v) is 14.4. The van der Waals surface area contributed by atoms with Crippen LogP contribution in [-0.2, 0) is 11.2 Å². The number of aromatic nitrogens is 4. The quantitative estimate of drug-likeness (QED) is 0.147. The standard InChI is InChI=1S/C33H31N7O6/c1-19-11-13-22(14-12-19)20(2)34-31(43)27-17-25(41)18-28(46-27)32(44)36-26(15-21-7-4-3-5-8-21)29(42)33(45)35-24-10-6-9-23(16-24)30-37-39-40-38-30/h3-14,16-18,20,26,29,42H,15H2,1-2H3,(H,34,43)(H,35,45)(H,36,44)(H,37,38,39,40)/t20-,26+,29+/m1/s1. The summed E-state index contributed by atoms with van der Waals surface area (Å²) in [7, 11) is 0. The SMILES string of the molecule is Cc1ccc([C@@H](C)NC(=O)c2cc(=O)cc(C(=O)N[C@@H](Cc3ccccc3)[C@H](O)C(=O)Nc3cccc(-c4nn[nH]n4)c3)o2)cc1. The van der Waals surface area contributed by atoms with Gasteiger partial charge in [-0.1, -0.05) is 72.3 Å². The van der Waals surface area contributed by atoms with Gasteiger partial charge in [0.1, 0.15) is 0 Å². The first-order valence-electron chi connectivity index (χ1n) is 14.4. The number of rotatable bonds is 11. The molecule has 5 aromatic rings. The number of aliphatic hydroxyl groups is 1. The molecule has 234 valence electrons. The van der Waals surface area contributed by atoms with Crippen molar-refractivity contribution >= 4 is 23.4 Å². The van der Waals surface area contributed by atoms with Crippen LogP contribution in [0.2, 0.25) is 0 Å². The van der Waals surface area contributed by atoms with E-state index in [-0.39, 0.29) is 12.2 Å². The van der Waals surface area contributed by atoms with E-state index in [1.807, 2.05) is 37.3 Å². The van der Waals surface area contributed by atoms with E-state index in [1.165, 1.54) is 0 Å². The van der Waals surface area contributed by atoms with E-state index in [1.54, 1.807) is 55.5 Å². The van der Waals surface area contributed by atoms with E-state index in [0.717, 1.165) is 28.8 Å². The fraction of sp³-hybridized carbons (Fsp3) is 0.182. The molecule has 0 unspecified atom stereocenters. The van der Waals surface area contributed by atoms with Crippen molar-refractivity contribution in [1.82, 2.24) is 31.3 Å². The number of anilines is 1. The molecule has 2 aromatic heterocycles. The smallest absolute Gasteiger partial charge is 0.287 e. The van der Waals surface area contributed by atoms with E-state index in [0.29, 0.717) is 17.1 Å². The van der Waals surface area contributed by atoms with Gasteiger partial charge in [0.25, 0.3) is 17.7 Å². The van der Waals surface area contributed by atoms with E-state index >= 15 is 0 Å². The van der Waals surface area contributed by atoms with Gasteiger partial charge in [0.15, 0.2) is 23.1 Å². The lowest BCUT2D eigenvalue weighted by molar-refractivity contribution is -0.125. The zero-order valence-corrected chi connectivity index (χ0v) is 24.9. The Bertz CT molecular complexity index is 1880. The van der Waals surface area contributed by atoms with Crippen LogP contribution >= 0.6 is 0 Å². The lowest BCUT2D eigenvalue weighted by Crippen LogP contribution is -2.50. The van der Waals surface area contributed by atoms with Crippen LogP contribution < -0.4 is 21.4 Å². The fourth-order valence-electron chi connectivity index (χ4n) is 4.68. The molecule has 3 aromatic carbocycles. The molecule has 0 radical (unpaired) electrons. The number of carbonyl (C=O) groups is 3. The molecule has 5 rings (SSSR count). The van der Waals surface area contributed by atoms with Crippen LogP contribution in [0.1, 0.15) is 50.8 Å². The number of amides is 3. The normalized spacial score (nSPS) is 12.8. The largest absolute Gasteiger partial charge is 0.445 e. The number of hydrogen-bond donors (Lipinski definition) is 5. The summed E-state index contributed by atoms with van der Waals surface area (Å²) in [6, 6.07) is 23.5. The molecule has 3 atom stereocenters. The molecule has 0 fully saturated rings. The lowest BCUT2D eigenvalue weighted by atomic mass is 10.00. The number of hydrogen-bond acceptors (Lipinski definition) is 9. The average Bonchev–Trinajstić information content (AvgIpc) is 3.60. The number of aromatic amines is 1. The van der Waals surface area contributed by atoms with Gasteiger partial charge in [-0.25, -0.2) is 0 Å². The second kappa shape index (κ2) is 14.2. The number of tetrazole rings is 1. The maximum absolute atomic E-state index is 13.4. The number of nitrogens with one attached hydrogen (secondary N) is 4. The Morgan fingerprint density at radius 3 is 2.26 bits per heavy atom. The Hall–Kier alpha value is -5.95. The summed E-state index contributed by atoms with van der Waals surface area (Å²) in [5, 5.41) is 32.9. The Kier molecular flexibility index (Phi) is 9.73. The van der Waals surface area contributed by atoms with Crippen molar-refractivity contribution in [3.8, 4) is 11.4 Å². The minimum absolute atomic E-state index is 0.0581. The molecule has 0 aliphatic carbocycles. The number of carbonyl (C=O) groups excluding carboxylic acids is 3. The molecule has 0 aliphatic rings. The molecule has 3 amide bonds. The van der Waals surface area contributed by atoms with E-state index in [2.05, 4.69) is 36.6 Å². The molecule has 13 heteroatoms. The highest BCUT2D eigenvalue weighted by Gasteiger charge is 2.30. The predicted molar refractivity (Wildman–Crippen MR) is 168 cm³/mol. The molecule has 0 bridgehead atoms. The second-order valence-corrected chi connectivity index (χ2v) is 10.6. The predicted octanol–water partition coefficient (Wildman–Crippen LogP) is 2.96. The van der Waals surface area contributed by atoms with Crippen molar-refractivity contribution in [2.24, 2.45) is 0 Å². The highest BCUT2D eigenvalue weighted by atomic mass is 16.4. The number of aliphatic hydroxyl groups excluding tert-OH is 1. The molecule has 0 saturated carbocycles. The van der Waals surface area contributed by atoms with Crippen LogP contribution in [0, 0.1) is 6.92 Å². The van der Waals surface area contributed by atoms with Gasteiger partial charge in [-0.15, -0.1) is 10.2 Å². The van der Waals surface area contributed by atoms with Gasteiger partial charge >= 0.3 is 0 Å². The number of aryl methyl sites for hydroxylation is 1. The Balaban J connectivity index is 1.33. The van der Waals surface area contributed by atoms with Crippen LogP contribution in [0.25, 0.3) is 11.4 Å². The van der Waals surface area contributed by atoms with Crippen molar-refractivity contribution in [3.63, 3.8) is 0 Å². The van der Waals surface area contributed by atoms with Crippen molar-refractivity contribution in [3.05, 3.63) is 129 Å². The Morgan fingerprint density at radius 1 is 0.891 bits per heavy atom. The highest BCUT2D eigenvalue weighted by molar-refractivity contribution is 5.97. The summed E-state index contributed by atoms with van der Waals surface area (Å²) in [5.74, 6) is -2.90. The number of nitrogens with zero attached hydrogens (tertiary/aromatic N) is 3. The molecule has 5 N–H and O–H groups in total. The van der Waals surface area contributed by atoms with Gasteiger partial charge in [-0.05, 0) is 48.7 Å². The van der Waals surface area contributed by atoms with Gasteiger partial charge in [-0.2, -0.15) is 5.21 Å². The van der Waals surface area contributed by atoms with E-state index in [4.69, 9.17) is 4.42 Å². The van der Waals surface area contributed by atoms with Crippen molar-refractivity contribution < 1.29 is 23.9 Å². The second-order valence-electron chi connectivity index (χ2n) is 10.6. The third-order valence-electron chi connectivity index (χ3n) is 7.14. The molecule has 0 spiro atoms. The van der Waals surface area contributed by atoms with Crippen LogP contribution in [0.5, 0.6) is 0 Å². The summed E-state index contributed by atoms with van der Waals surface area (Å²) in [6.07, 6.45) is -1.67. The van der Waals surface area contributed by atoms with Crippen LogP contribution in [0.4, 0.5) is 5.69 Å². The van der Waals surface area contributed by atoms with Crippen LogP contribution in [0.15, 0.2) is 100 Å². The van der Waals surface area contributed by atoms with Gasteiger partial charge in [0, 0.05) is 23.4 Å². The molecule has 2 heterocycles. The zero-order valence-electron chi connectivity index (χ0n) is 24.9. The van der Waals surface area contributed by atoms with Crippen LogP contribution in [0.3, 0.4) is 0 Å². The van der Waals surface area contributed by atoms with Gasteiger partial charge in [-0.3, -0.25) is 19.2 Å². The first kappa shape index (κ1) is 31.5. The molecule has 0 aliphatic heterocycles. The van der Waals surface area contributed by atoms with E-state index < -0.39 is 47.1 Å². The minimum Gasteiger partial charge on any atom is -0.445 e. The third kappa shape index (κ3) is 7.95. The summed E-state index contributed by atoms with van der Waals surface area (Å²) >= 11 is 0. The van der Waals surface area contributed by atoms with Gasteiger partial charge in [0.05, 0.1) is 12.1 Å². The van der Waals surface area contributed by atoms with Gasteiger partial charge < -0.3 is 25.5 Å². The molecule has 0 saturated heterocycles. The first-order chi connectivity index (χ1) is 22.2. The summed E-state index contributed by atoms with van der Waals surface area (Å²) in [5.41, 5.74) is 2.91. The van der Waals surface area contributed by atoms with Crippen molar-refractivity contribution in [2.45, 2.75) is 38.5 Å². The molecule has 46 heavy (non-hydrogen) atoms. The fourth-order valence-corrected chi connectivity index (χ4v) is 4.68. The Morgan fingerprint density at radius 2 is 1.59 bits per heavy atom. The Labute approximate surface area is 263 Å². The van der Waals surface area contributed by atoms with Crippen molar-refractivity contribution in [1.29, 1.82) is 0 Å². The zero-order chi connectivity index (χ0) is 32.6. The third-order valence-corrected chi connectivity index (χ3v) is 7.14. The maximum atomic E-state index is 13.4.